The molecule has 3 rings (SSSR count). The van der Waals surface area contributed by atoms with Crippen LogP contribution in [0.4, 0.5) is 0 Å². The summed E-state index contributed by atoms with van der Waals surface area (Å²) in [5, 5.41) is 3.28. The molecule has 2 aliphatic rings. The van der Waals surface area contributed by atoms with Crippen LogP contribution >= 0.6 is 12.4 Å². The van der Waals surface area contributed by atoms with E-state index in [9.17, 15) is 4.79 Å². The lowest BCUT2D eigenvalue weighted by molar-refractivity contribution is -0.131. The first-order valence-corrected chi connectivity index (χ1v) is 7.23. The Kier molecular flexibility index (Phi) is 5.38. The smallest absolute Gasteiger partial charge is 0.237 e. The van der Waals surface area contributed by atoms with Crippen molar-refractivity contribution >= 4 is 18.3 Å². The number of carbonyl (C=O) groups is 1. The van der Waals surface area contributed by atoms with Gasteiger partial charge < -0.3 is 10.2 Å². The van der Waals surface area contributed by atoms with E-state index in [1.54, 1.807) is 6.20 Å². The molecule has 1 amide bonds. The maximum Gasteiger partial charge on any atom is 0.237 e. The van der Waals surface area contributed by atoms with E-state index >= 15 is 0 Å². The van der Waals surface area contributed by atoms with E-state index in [4.69, 9.17) is 0 Å². The average Bonchev–Trinajstić information content (AvgIpc) is 3.29. The first-order chi connectivity index (χ1) is 9.33. The number of hydrogen-bond acceptors (Lipinski definition) is 3. The minimum Gasteiger partial charge on any atom is -0.333 e. The zero-order chi connectivity index (χ0) is 13.1. The Morgan fingerprint density at radius 1 is 1.30 bits per heavy atom. The summed E-state index contributed by atoms with van der Waals surface area (Å²) >= 11 is 0. The molecule has 1 N–H and O–H groups in total. The summed E-state index contributed by atoms with van der Waals surface area (Å²) in [6.45, 7) is 2.11. The van der Waals surface area contributed by atoms with Crippen LogP contribution in [0.3, 0.4) is 0 Å². The summed E-state index contributed by atoms with van der Waals surface area (Å²) in [4.78, 5) is 18.6. The van der Waals surface area contributed by atoms with Crippen molar-refractivity contribution in [2.75, 3.05) is 13.1 Å². The second kappa shape index (κ2) is 7.04. The van der Waals surface area contributed by atoms with Gasteiger partial charge in [0.25, 0.3) is 0 Å². The molecule has 0 bridgehead atoms. The number of pyridine rings is 1. The number of nitrogens with one attached hydrogen (secondary N) is 1. The fourth-order valence-electron chi connectivity index (χ4n) is 2.28. The highest BCUT2D eigenvalue weighted by Gasteiger charge is 2.32. The largest absolute Gasteiger partial charge is 0.333 e. The Labute approximate surface area is 126 Å². The molecule has 20 heavy (non-hydrogen) atoms. The van der Waals surface area contributed by atoms with Crippen molar-refractivity contribution in [3.63, 3.8) is 0 Å². The van der Waals surface area contributed by atoms with Crippen LogP contribution in [0.25, 0.3) is 0 Å². The number of rotatable bonds is 7. The number of nitrogens with zero attached hydrogens (tertiary/aromatic N) is 2. The van der Waals surface area contributed by atoms with Crippen LogP contribution < -0.4 is 5.32 Å². The van der Waals surface area contributed by atoms with Crippen LogP contribution in [0.15, 0.2) is 24.4 Å². The summed E-state index contributed by atoms with van der Waals surface area (Å²) in [5.74, 6) is 1.03. The maximum absolute atomic E-state index is 12.3. The summed E-state index contributed by atoms with van der Waals surface area (Å²) in [6.07, 6.45) is 6.71. The topological polar surface area (TPSA) is 45.2 Å². The summed E-state index contributed by atoms with van der Waals surface area (Å²) in [7, 11) is 0. The molecule has 0 aliphatic heterocycles. The predicted molar refractivity (Wildman–Crippen MR) is 80.7 cm³/mol. The predicted octanol–water partition coefficient (Wildman–Crippen LogP) is 1.99. The first-order valence-electron chi connectivity index (χ1n) is 7.23. The molecule has 2 saturated carbocycles. The molecule has 0 saturated heterocycles. The van der Waals surface area contributed by atoms with Crippen molar-refractivity contribution < 1.29 is 4.79 Å². The molecule has 0 spiro atoms. The number of amides is 1. The fraction of sp³-hybridized carbons (Fsp3) is 0.600. The van der Waals surface area contributed by atoms with Gasteiger partial charge in [0, 0.05) is 12.2 Å². The minimum atomic E-state index is 0. The molecular weight excluding hydrogens is 274 g/mol. The molecule has 110 valence electrons. The Morgan fingerprint density at radius 3 is 2.70 bits per heavy atom. The summed E-state index contributed by atoms with van der Waals surface area (Å²) in [5.41, 5.74) is 0.977. The number of halogens is 1. The van der Waals surface area contributed by atoms with Crippen molar-refractivity contribution in [1.29, 1.82) is 0 Å². The van der Waals surface area contributed by atoms with Crippen LogP contribution in [-0.4, -0.2) is 34.9 Å². The zero-order valence-corrected chi connectivity index (χ0v) is 12.4. The van der Waals surface area contributed by atoms with Gasteiger partial charge in [0.2, 0.25) is 5.91 Å². The third-order valence-corrected chi connectivity index (χ3v) is 3.77. The van der Waals surface area contributed by atoms with Gasteiger partial charge in [-0.1, -0.05) is 6.07 Å². The SMILES string of the molecule is Cl.O=C(CNCC1CC1)N(Cc1ccccn1)C1CC1. The van der Waals surface area contributed by atoms with E-state index in [0.717, 1.165) is 31.0 Å². The summed E-state index contributed by atoms with van der Waals surface area (Å²) in [6, 6.07) is 6.31. The molecule has 1 aromatic rings. The molecule has 2 aliphatic carbocycles. The normalized spacial score (nSPS) is 17.4. The highest BCUT2D eigenvalue weighted by Crippen LogP contribution is 2.29. The average molecular weight is 296 g/mol. The fourth-order valence-corrected chi connectivity index (χ4v) is 2.28. The lowest BCUT2D eigenvalue weighted by atomic mass is 10.3. The third kappa shape index (κ3) is 4.46. The van der Waals surface area contributed by atoms with Gasteiger partial charge in [-0.2, -0.15) is 0 Å². The number of hydrogen-bond donors (Lipinski definition) is 1. The molecule has 5 heteroatoms. The van der Waals surface area contributed by atoms with Gasteiger partial charge >= 0.3 is 0 Å². The molecule has 4 nitrogen and oxygen atoms in total. The molecule has 0 aromatic carbocycles. The van der Waals surface area contributed by atoms with Gasteiger partial charge in [-0.25, -0.2) is 0 Å². The minimum absolute atomic E-state index is 0. The van der Waals surface area contributed by atoms with Gasteiger partial charge in [0.15, 0.2) is 0 Å². The molecule has 0 unspecified atom stereocenters. The maximum atomic E-state index is 12.3. The number of aromatic nitrogens is 1. The van der Waals surface area contributed by atoms with Crippen molar-refractivity contribution in [3.8, 4) is 0 Å². The quantitative estimate of drug-likeness (QED) is 0.837. The van der Waals surface area contributed by atoms with Crippen LogP contribution in [0, 0.1) is 5.92 Å². The van der Waals surface area contributed by atoms with Crippen molar-refractivity contribution in [3.05, 3.63) is 30.1 Å². The lowest BCUT2D eigenvalue weighted by Gasteiger charge is -2.22. The third-order valence-electron chi connectivity index (χ3n) is 3.77. The van der Waals surface area contributed by atoms with E-state index in [0.29, 0.717) is 19.1 Å². The van der Waals surface area contributed by atoms with E-state index in [2.05, 4.69) is 10.3 Å². The van der Waals surface area contributed by atoms with Crippen LogP contribution in [0.1, 0.15) is 31.4 Å². The van der Waals surface area contributed by atoms with Crippen LogP contribution in [0.2, 0.25) is 0 Å². The number of carbonyl (C=O) groups excluding carboxylic acids is 1. The Morgan fingerprint density at radius 2 is 2.10 bits per heavy atom. The standard InChI is InChI=1S/C15H21N3O.ClH/c19-15(10-16-9-12-4-5-12)18(14-6-7-14)11-13-3-1-2-8-17-13;/h1-3,8,12,14,16H,4-7,9-11H2;1H. The lowest BCUT2D eigenvalue weighted by Crippen LogP contribution is -2.39. The molecule has 2 fully saturated rings. The molecule has 0 radical (unpaired) electrons. The van der Waals surface area contributed by atoms with Crippen molar-refractivity contribution in [2.45, 2.75) is 38.3 Å². The second-order valence-electron chi connectivity index (χ2n) is 5.65. The van der Waals surface area contributed by atoms with Crippen LogP contribution in [-0.2, 0) is 11.3 Å². The summed E-state index contributed by atoms with van der Waals surface area (Å²) < 4.78 is 0. The van der Waals surface area contributed by atoms with Gasteiger partial charge in [0.05, 0.1) is 18.8 Å². The zero-order valence-electron chi connectivity index (χ0n) is 11.6. The molecule has 0 atom stereocenters. The highest BCUT2D eigenvalue weighted by molar-refractivity contribution is 5.85. The van der Waals surface area contributed by atoms with E-state index in [1.807, 2.05) is 23.1 Å². The Balaban J connectivity index is 0.00000147. The van der Waals surface area contributed by atoms with Gasteiger partial charge in [0.1, 0.15) is 0 Å². The van der Waals surface area contributed by atoms with Crippen molar-refractivity contribution in [1.82, 2.24) is 15.2 Å². The van der Waals surface area contributed by atoms with Gasteiger partial charge in [-0.05, 0) is 50.3 Å². The van der Waals surface area contributed by atoms with Crippen LogP contribution in [0.5, 0.6) is 0 Å². The van der Waals surface area contributed by atoms with E-state index < -0.39 is 0 Å². The van der Waals surface area contributed by atoms with Crippen molar-refractivity contribution in [2.24, 2.45) is 5.92 Å². The van der Waals surface area contributed by atoms with Gasteiger partial charge in [-0.15, -0.1) is 12.4 Å². The Bertz CT molecular complexity index is 432. The monoisotopic (exact) mass is 295 g/mol. The second-order valence-corrected chi connectivity index (χ2v) is 5.65. The Hall–Kier alpha value is -1.13. The molecule has 1 aromatic heterocycles. The van der Waals surface area contributed by atoms with Gasteiger partial charge in [-0.3, -0.25) is 9.78 Å². The molecule has 1 heterocycles. The first kappa shape index (κ1) is 15.3. The highest BCUT2D eigenvalue weighted by atomic mass is 35.5. The van der Waals surface area contributed by atoms with E-state index in [1.165, 1.54) is 12.8 Å². The van der Waals surface area contributed by atoms with E-state index in [-0.39, 0.29) is 18.3 Å². The molecular formula is C15H22ClN3O.